The number of benzene rings is 3. The first-order valence-corrected chi connectivity index (χ1v) is 13.7. The van der Waals surface area contributed by atoms with Gasteiger partial charge in [0.25, 0.3) is 15.9 Å². The number of rotatable bonds is 9. The maximum atomic E-state index is 12.9. The second kappa shape index (κ2) is 10.4. The van der Waals surface area contributed by atoms with Crippen LogP contribution in [0.3, 0.4) is 0 Å². The number of aryl methyl sites for hydroxylation is 2. The molecule has 180 valence electrons. The van der Waals surface area contributed by atoms with Gasteiger partial charge in [0, 0.05) is 16.9 Å². The van der Waals surface area contributed by atoms with E-state index in [1.807, 2.05) is 12.1 Å². The lowest BCUT2D eigenvalue weighted by molar-refractivity contribution is 0.102. The quantitative estimate of drug-likeness (QED) is 0.407. The summed E-state index contributed by atoms with van der Waals surface area (Å²) in [4.78, 5) is 12.6. The van der Waals surface area contributed by atoms with Gasteiger partial charge in [0.15, 0.2) is 0 Å². The maximum absolute atomic E-state index is 12.9. The largest absolute Gasteiger partial charge is 0.322 e. The van der Waals surface area contributed by atoms with Gasteiger partial charge in [-0.05, 0) is 73.4 Å². The third kappa shape index (κ3) is 6.43. The fraction of sp³-hybridized carbons (Fsp3) is 0.208. The summed E-state index contributed by atoms with van der Waals surface area (Å²) < 4.78 is 51.5. The number of nitrogens with one attached hydrogen (secondary N) is 2. The van der Waals surface area contributed by atoms with E-state index in [1.165, 1.54) is 42.5 Å². The van der Waals surface area contributed by atoms with Gasteiger partial charge in [-0.1, -0.05) is 37.6 Å². The highest BCUT2D eigenvalue weighted by atomic mass is 32.2. The molecule has 0 unspecified atom stereocenters. The minimum Gasteiger partial charge on any atom is -0.322 e. The Morgan fingerprint density at radius 2 is 1.59 bits per heavy atom. The number of amides is 1. The van der Waals surface area contributed by atoms with E-state index >= 15 is 0 Å². The first-order chi connectivity index (χ1) is 16.0. The van der Waals surface area contributed by atoms with Gasteiger partial charge in [-0.2, -0.15) is 0 Å². The van der Waals surface area contributed by atoms with Gasteiger partial charge < -0.3 is 5.32 Å². The second-order valence-electron chi connectivity index (χ2n) is 7.91. The van der Waals surface area contributed by atoms with Gasteiger partial charge >= 0.3 is 0 Å². The van der Waals surface area contributed by atoms with E-state index in [1.54, 1.807) is 19.1 Å². The molecular formula is C24H27N3O5S2. The number of primary sulfonamides is 1. The first kappa shape index (κ1) is 25.4. The van der Waals surface area contributed by atoms with Crippen molar-refractivity contribution >= 4 is 37.3 Å². The summed E-state index contributed by atoms with van der Waals surface area (Å²) in [6.07, 6.45) is 3.07. The van der Waals surface area contributed by atoms with E-state index in [0.717, 1.165) is 24.8 Å². The van der Waals surface area contributed by atoms with Crippen molar-refractivity contribution in [3.05, 3.63) is 83.4 Å². The number of anilines is 2. The number of carbonyl (C=O) groups is 1. The Labute approximate surface area is 200 Å². The molecule has 0 atom stereocenters. The summed E-state index contributed by atoms with van der Waals surface area (Å²) in [5, 5.41) is 7.73. The molecule has 0 aliphatic carbocycles. The van der Waals surface area contributed by atoms with Gasteiger partial charge in [-0.25, -0.2) is 22.0 Å². The fourth-order valence-electron chi connectivity index (χ4n) is 3.30. The van der Waals surface area contributed by atoms with Crippen molar-refractivity contribution in [2.45, 2.75) is 42.9 Å². The van der Waals surface area contributed by atoms with E-state index in [9.17, 15) is 21.6 Å². The summed E-state index contributed by atoms with van der Waals surface area (Å²) in [7, 11) is -7.88. The molecule has 0 radical (unpaired) electrons. The molecule has 0 aliphatic rings. The normalized spacial score (nSPS) is 11.7. The van der Waals surface area contributed by atoms with Gasteiger partial charge in [0.1, 0.15) is 0 Å². The SMILES string of the molecule is CCCCc1ccc(NS(=O)(=O)c2ccc(C)c(C(=O)Nc3cccc(S(N)(=O)=O)c3)c2)cc1. The summed E-state index contributed by atoms with van der Waals surface area (Å²) in [5.74, 6) is -0.582. The zero-order valence-electron chi connectivity index (χ0n) is 18.9. The topological polar surface area (TPSA) is 135 Å². The van der Waals surface area contributed by atoms with Crippen LogP contribution in [0, 0.1) is 6.92 Å². The van der Waals surface area contributed by atoms with Crippen LogP contribution >= 0.6 is 0 Å². The summed E-state index contributed by atoms with van der Waals surface area (Å²) >= 11 is 0. The van der Waals surface area contributed by atoms with Crippen molar-refractivity contribution in [1.29, 1.82) is 0 Å². The summed E-state index contributed by atoms with van der Waals surface area (Å²) in [5.41, 5.74) is 2.46. The van der Waals surface area contributed by atoms with Crippen molar-refractivity contribution < 1.29 is 21.6 Å². The lowest BCUT2D eigenvalue weighted by atomic mass is 10.1. The Kier molecular flexibility index (Phi) is 7.75. The number of hydrogen-bond donors (Lipinski definition) is 3. The molecule has 3 aromatic rings. The zero-order chi connectivity index (χ0) is 24.9. The molecule has 1 amide bonds. The zero-order valence-corrected chi connectivity index (χ0v) is 20.5. The highest BCUT2D eigenvalue weighted by Gasteiger charge is 2.19. The summed E-state index contributed by atoms with van der Waals surface area (Å²) in [6, 6.07) is 16.9. The van der Waals surface area contributed by atoms with Crippen LogP contribution in [0.2, 0.25) is 0 Å². The van der Waals surface area contributed by atoms with E-state index in [0.29, 0.717) is 11.3 Å². The highest BCUT2D eigenvalue weighted by Crippen LogP contribution is 2.22. The van der Waals surface area contributed by atoms with Gasteiger partial charge in [-0.3, -0.25) is 9.52 Å². The molecule has 3 aromatic carbocycles. The van der Waals surface area contributed by atoms with Crippen LogP contribution in [0.25, 0.3) is 0 Å². The molecule has 34 heavy (non-hydrogen) atoms. The predicted octanol–water partition coefficient (Wildman–Crippen LogP) is 4.04. The smallest absolute Gasteiger partial charge is 0.261 e. The fourth-order valence-corrected chi connectivity index (χ4v) is 4.94. The van der Waals surface area contributed by atoms with Crippen molar-refractivity contribution in [2.75, 3.05) is 10.0 Å². The van der Waals surface area contributed by atoms with Crippen LogP contribution in [0.1, 0.15) is 41.3 Å². The Morgan fingerprint density at radius 1 is 0.882 bits per heavy atom. The average Bonchev–Trinajstić information content (AvgIpc) is 2.78. The number of unbranched alkanes of at least 4 members (excludes halogenated alkanes) is 1. The Balaban J connectivity index is 1.81. The molecule has 0 bridgehead atoms. The van der Waals surface area contributed by atoms with E-state index < -0.39 is 26.0 Å². The standard InChI is InChI=1S/C24H27N3O5S2/c1-3-4-6-18-10-12-19(13-11-18)27-34(31,32)22-14-9-17(2)23(16-22)24(28)26-20-7-5-8-21(15-20)33(25,29)30/h5,7-16,27H,3-4,6H2,1-2H3,(H,26,28)(H2,25,29,30). The Hall–Kier alpha value is -3.21. The van der Waals surface area contributed by atoms with Crippen molar-refractivity contribution in [3.8, 4) is 0 Å². The van der Waals surface area contributed by atoms with Crippen molar-refractivity contribution in [1.82, 2.24) is 0 Å². The molecule has 0 heterocycles. The lowest BCUT2D eigenvalue weighted by Crippen LogP contribution is -2.17. The number of sulfonamides is 2. The van der Waals surface area contributed by atoms with Crippen LogP contribution in [0.15, 0.2) is 76.5 Å². The Bertz CT molecular complexity index is 1400. The maximum Gasteiger partial charge on any atom is 0.261 e. The summed E-state index contributed by atoms with van der Waals surface area (Å²) in [6.45, 7) is 3.79. The lowest BCUT2D eigenvalue weighted by Gasteiger charge is -2.12. The third-order valence-electron chi connectivity index (χ3n) is 5.21. The molecular weight excluding hydrogens is 474 g/mol. The van der Waals surface area contributed by atoms with Gasteiger partial charge in [0.2, 0.25) is 10.0 Å². The predicted molar refractivity (Wildman–Crippen MR) is 133 cm³/mol. The minimum atomic E-state index is -3.94. The van der Waals surface area contributed by atoms with Crippen LogP contribution in [0.5, 0.6) is 0 Å². The average molecular weight is 502 g/mol. The van der Waals surface area contributed by atoms with Crippen LogP contribution in [0.4, 0.5) is 11.4 Å². The molecule has 3 rings (SSSR count). The molecule has 0 aliphatic heterocycles. The second-order valence-corrected chi connectivity index (χ2v) is 11.2. The Morgan fingerprint density at radius 3 is 2.24 bits per heavy atom. The van der Waals surface area contributed by atoms with E-state index in [2.05, 4.69) is 17.0 Å². The van der Waals surface area contributed by atoms with E-state index in [-0.39, 0.29) is 21.0 Å². The van der Waals surface area contributed by atoms with Gasteiger partial charge in [0.05, 0.1) is 9.79 Å². The van der Waals surface area contributed by atoms with Crippen molar-refractivity contribution in [2.24, 2.45) is 5.14 Å². The van der Waals surface area contributed by atoms with Crippen LogP contribution < -0.4 is 15.2 Å². The van der Waals surface area contributed by atoms with E-state index in [4.69, 9.17) is 5.14 Å². The van der Waals surface area contributed by atoms with Crippen molar-refractivity contribution in [3.63, 3.8) is 0 Å². The molecule has 0 aromatic heterocycles. The third-order valence-corrected chi connectivity index (χ3v) is 7.50. The number of nitrogens with two attached hydrogens (primary N) is 1. The molecule has 0 saturated carbocycles. The minimum absolute atomic E-state index is 0.0726. The molecule has 0 saturated heterocycles. The van der Waals surface area contributed by atoms with Crippen LogP contribution in [-0.4, -0.2) is 22.7 Å². The molecule has 4 N–H and O–H groups in total. The van der Waals surface area contributed by atoms with Crippen LogP contribution in [-0.2, 0) is 26.5 Å². The number of carbonyl (C=O) groups excluding carboxylic acids is 1. The molecule has 8 nitrogen and oxygen atoms in total. The molecule has 10 heteroatoms. The molecule has 0 fully saturated rings. The number of hydrogen-bond acceptors (Lipinski definition) is 5. The van der Waals surface area contributed by atoms with Gasteiger partial charge in [-0.15, -0.1) is 0 Å². The first-order valence-electron chi connectivity index (χ1n) is 10.7. The molecule has 0 spiro atoms. The monoisotopic (exact) mass is 501 g/mol. The highest BCUT2D eigenvalue weighted by molar-refractivity contribution is 7.92.